The van der Waals surface area contributed by atoms with Crippen molar-refractivity contribution in [2.45, 2.75) is 66.1 Å². The van der Waals surface area contributed by atoms with E-state index in [9.17, 15) is 9.59 Å². The molecule has 0 aromatic heterocycles. The van der Waals surface area contributed by atoms with Crippen LogP contribution in [-0.4, -0.2) is 34.9 Å². The van der Waals surface area contributed by atoms with E-state index < -0.39 is 6.04 Å². The average Bonchev–Trinajstić information content (AvgIpc) is 2.70. The number of benzene rings is 2. The smallest absolute Gasteiger partial charge is 0.261 e. The van der Waals surface area contributed by atoms with Crippen LogP contribution in [0.5, 0.6) is 5.75 Å². The summed E-state index contributed by atoms with van der Waals surface area (Å²) < 4.78 is 6.61. The van der Waals surface area contributed by atoms with Crippen molar-refractivity contribution in [1.29, 1.82) is 0 Å². The zero-order valence-corrected chi connectivity index (χ0v) is 20.9. The average molecular weight is 489 g/mol. The van der Waals surface area contributed by atoms with E-state index >= 15 is 0 Å². The minimum absolute atomic E-state index is 0.150. The lowest BCUT2D eigenvalue weighted by molar-refractivity contribution is -0.142. The largest absolute Gasteiger partial charge is 0.483 e. The molecular formula is C25H33BrN2O3. The van der Waals surface area contributed by atoms with Crippen LogP contribution in [0.25, 0.3) is 0 Å². The molecule has 0 saturated heterocycles. The maximum Gasteiger partial charge on any atom is 0.261 e. The second-order valence-corrected chi connectivity index (χ2v) is 9.68. The number of nitrogens with one attached hydrogen (secondary N) is 1. The Morgan fingerprint density at radius 1 is 1.10 bits per heavy atom. The topological polar surface area (TPSA) is 58.6 Å². The van der Waals surface area contributed by atoms with Gasteiger partial charge in [0.1, 0.15) is 11.8 Å². The number of carbonyl (C=O) groups is 2. The maximum atomic E-state index is 13.1. The van der Waals surface area contributed by atoms with Gasteiger partial charge in [0.2, 0.25) is 5.91 Å². The van der Waals surface area contributed by atoms with E-state index in [1.54, 1.807) is 11.8 Å². The van der Waals surface area contributed by atoms with Crippen molar-refractivity contribution in [2.75, 3.05) is 6.61 Å². The van der Waals surface area contributed by atoms with Gasteiger partial charge in [0, 0.05) is 12.1 Å². The summed E-state index contributed by atoms with van der Waals surface area (Å²) in [5.74, 6) is 0.165. The third-order valence-electron chi connectivity index (χ3n) is 4.89. The van der Waals surface area contributed by atoms with Gasteiger partial charge in [0.25, 0.3) is 5.91 Å². The molecule has 1 N–H and O–H groups in total. The predicted octanol–water partition coefficient (Wildman–Crippen LogP) is 5.03. The molecule has 0 spiro atoms. The van der Waals surface area contributed by atoms with Crippen LogP contribution in [-0.2, 0) is 22.6 Å². The van der Waals surface area contributed by atoms with Gasteiger partial charge in [-0.25, -0.2) is 0 Å². The normalized spacial score (nSPS) is 12.2. The molecule has 2 rings (SSSR count). The van der Waals surface area contributed by atoms with E-state index in [2.05, 4.69) is 28.2 Å². The first-order chi connectivity index (χ1) is 14.5. The fourth-order valence-corrected chi connectivity index (χ4v) is 3.59. The Hall–Kier alpha value is -2.34. The summed E-state index contributed by atoms with van der Waals surface area (Å²) in [4.78, 5) is 27.5. The highest BCUT2D eigenvalue weighted by molar-refractivity contribution is 9.10. The molecule has 0 aliphatic carbocycles. The number of aryl methyl sites for hydroxylation is 2. The van der Waals surface area contributed by atoms with Crippen LogP contribution in [0.3, 0.4) is 0 Å². The van der Waals surface area contributed by atoms with Gasteiger partial charge in [0.15, 0.2) is 6.61 Å². The lowest BCUT2D eigenvalue weighted by atomic mass is 10.1. The highest BCUT2D eigenvalue weighted by atomic mass is 79.9. The summed E-state index contributed by atoms with van der Waals surface area (Å²) in [7, 11) is 0. The number of halogens is 1. The van der Waals surface area contributed by atoms with Crippen LogP contribution >= 0.6 is 15.9 Å². The molecule has 6 heteroatoms. The summed E-state index contributed by atoms with van der Waals surface area (Å²) in [6.07, 6.45) is 0.919. The summed E-state index contributed by atoms with van der Waals surface area (Å²) in [6, 6.07) is 13.1. The summed E-state index contributed by atoms with van der Waals surface area (Å²) in [5.41, 5.74) is 2.90. The Kier molecular flexibility index (Phi) is 8.69. The fraction of sp³-hybridized carbons (Fsp3) is 0.440. The summed E-state index contributed by atoms with van der Waals surface area (Å²) in [5, 5.41) is 2.96. The molecule has 1 atom stereocenters. The van der Waals surface area contributed by atoms with E-state index in [1.165, 1.54) is 5.56 Å². The first-order valence-corrected chi connectivity index (χ1v) is 11.4. The lowest BCUT2D eigenvalue weighted by Crippen LogP contribution is -2.53. The third-order valence-corrected chi connectivity index (χ3v) is 5.51. The van der Waals surface area contributed by atoms with E-state index in [1.807, 2.05) is 70.2 Å². The molecule has 0 heterocycles. The lowest BCUT2D eigenvalue weighted by Gasteiger charge is -2.31. The van der Waals surface area contributed by atoms with Crippen molar-refractivity contribution < 1.29 is 14.3 Å². The van der Waals surface area contributed by atoms with Crippen LogP contribution in [0, 0.1) is 6.92 Å². The Morgan fingerprint density at radius 2 is 1.71 bits per heavy atom. The molecule has 31 heavy (non-hydrogen) atoms. The van der Waals surface area contributed by atoms with Gasteiger partial charge >= 0.3 is 0 Å². The minimum Gasteiger partial charge on any atom is -0.483 e. The molecule has 168 valence electrons. The van der Waals surface area contributed by atoms with E-state index in [-0.39, 0.29) is 24.0 Å². The quantitative estimate of drug-likeness (QED) is 0.566. The van der Waals surface area contributed by atoms with Gasteiger partial charge in [-0.2, -0.15) is 0 Å². The number of hydrogen-bond donors (Lipinski definition) is 1. The fourth-order valence-electron chi connectivity index (χ4n) is 3.05. The Labute approximate surface area is 194 Å². The first kappa shape index (κ1) is 24.9. The molecule has 2 amide bonds. The molecule has 0 fully saturated rings. The molecule has 0 aliphatic rings. The minimum atomic E-state index is -0.637. The standard InChI is InChI=1S/C25H33BrN2O3/c1-7-19-12-13-22(21(26)14-19)31-16-23(29)28(15-20-10-8-17(2)9-11-20)18(3)24(30)27-25(4,5)6/h8-14,18H,7,15-16H2,1-6H3,(H,27,30)/t18-/m1/s1. The van der Waals surface area contributed by atoms with Crippen LogP contribution in [0.2, 0.25) is 0 Å². The van der Waals surface area contributed by atoms with Gasteiger partial charge in [-0.15, -0.1) is 0 Å². The van der Waals surface area contributed by atoms with E-state index in [0.29, 0.717) is 12.3 Å². The predicted molar refractivity (Wildman–Crippen MR) is 128 cm³/mol. The molecule has 0 bridgehead atoms. The molecule has 0 unspecified atom stereocenters. The van der Waals surface area contributed by atoms with Crippen LogP contribution in [0.1, 0.15) is 51.3 Å². The molecule has 0 aliphatic heterocycles. The number of rotatable bonds is 8. The van der Waals surface area contributed by atoms with Gasteiger partial charge in [-0.1, -0.05) is 42.8 Å². The highest BCUT2D eigenvalue weighted by Gasteiger charge is 2.28. The zero-order valence-electron chi connectivity index (χ0n) is 19.3. The third kappa shape index (κ3) is 7.69. The van der Waals surface area contributed by atoms with Crippen LogP contribution in [0.4, 0.5) is 0 Å². The SMILES string of the molecule is CCc1ccc(OCC(=O)N(Cc2ccc(C)cc2)[C@H](C)C(=O)NC(C)(C)C)c(Br)c1. The van der Waals surface area contributed by atoms with Gasteiger partial charge in [-0.05, 0) is 80.2 Å². The molecule has 2 aromatic rings. The number of nitrogens with zero attached hydrogens (tertiary/aromatic N) is 1. The number of ether oxygens (including phenoxy) is 1. The van der Waals surface area contributed by atoms with Crippen molar-refractivity contribution in [1.82, 2.24) is 10.2 Å². The Bertz CT molecular complexity index is 904. The molecule has 0 radical (unpaired) electrons. The van der Waals surface area contributed by atoms with Crippen molar-refractivity contribution >= 4 is 27.7 Å². The highest BCUT2D eigenvalue weighted by Crippen LogP contribution is 2.26. The second kappa shape index (κ2) is 10.8. The Balaban J connectivity index is 2.18. The summed E-state index contributed by atoms with van der Waals surface area (Å²) >= 11 is 3.51. The molecule has 2 aromatic carbocycles. The van der Waals surface area contributed by atoms with Crippen molar-refractivity contribution in [2.24, 2.45) is 0 Å². The monoisotopic (exact) mass is 488 g/mol. The molecule has 5 nitrogen and oxygen atoms in total. The number of amides is 2. The number of hydrogen-bond acceptors (Lipinski definition) is 3. The number of carbonyl (C=O) groups excluding carboxylic acids is 2. The first-order valence-electron chi connectivity index (χ1n) is 10.6. The second-order valence-electron chi connectivity index (χ2n) is 8.83. The van der Waals surface area contributed by atoms with Crippen LogP contribution in [0.15, 0.2) is 46.9 Å². The van der Waals surface area contributed by atoms with Crippen molar-refractivity contribution in [3.63, 3.8) is 0 Å². The maximum absolute atomic E-state index is 13.1. The van der Waals surface area contributed by atoms with Crippen molar-refractivity contribution in [3.8, 4) is 5.75 Å². The molecule has 0 saturated carbocycles. The van der Waals surface area contributed by atoms with E-state index in [0.717, 1.165) is 22.0 Å². The zero-order chi connectivity index (χ0) is 23.2. The van der Waals surface area contributed by atoms with E-state index in [4.69, 9.17) is 4.74 Å². The Morgan fingerprint density at radius 3 is 2.26 bits per heavy atom. The summed E-state index contributed by atoms with van der Waals surface area (Å²) in [6.45, 7) is 11.8. The molecular weight excluding hydrogens is 456 g/mol. The van der Waals surface area contributed by atoms with Crippen molar-refractivity contribution in [3.05, 3.63) is 63.6 Å². The van der Waals surface area contributed by atoms with Gasteiger partial charge in [-0.3, -0.25) is 9.59 Å². The van der Waals surface area contributed by atoms with Gasteiger partial charge in [0.05, 0.1) is 4.47 Å². The van der Waals surface area contributed by atoms with Crippen LogP contribution < -0.4 is 10.1 Å². The van der Waals surface area contributed by atoms with Gasteiger partial charge < -0.3 is 15.0 Å².